The van der Waals surface area contributed by atoms with Crippen LogP contribution < -0.4 is 5.43 Å². The summed E-state index contributed by atoms with van der Waals surface area (Å²) in [6.07, 6.45) is -3.65. The summed E-state index contributed by atoms with van der Waals surface area (Å²) in [4.78, 5) is 11.5. The predicted octanol–water partition coefficient (Wildman–Crippen LogP) is 3.37. The van der Waals surface area contributed by atoms with Crippen molar-refractivity contribution in [1.82, 2.24) is 10.4 Å². The molecule has 0 spiro atoms. The number of rotatable bonds is 3. The Morgan fingerprint density at radius 1 is 1.29 bits per heavy atom. The van der Waals surface area contributed by atoms with E-state index >= 15 is 0 Å². The van der Waals surface area contributed by atoms with Crippen molar-refractivity contribution in [2.45, 2.75) is 51.4 Å². The van der Waals surface area contributed by atoms with Crippen molar-refractivity contribution in [3.63, 3.8) is 0 Å². The molecule has 0 aromatic heterocycles. The highest BCUT2D eigenvalue weighted by molar-refractivity contribution is 5.79. The molecule has 1 saturated heterocycles. The highest BCUT2D eigenvalue weighted by Crippen LogP contribution is 2.42. The average molecular weight is 300 g/mol. The zero-order chi connectivity index (χ0) is 15.8. The number of carbonyl (C=O) groups is 1. The van der Waals surface area contributed by atoms with E-state index in [9.17, 15) is 18.0 Å². The van der Waals surface area contributed by atoms with Crippen molar-refractivity contribution in [3.8, 4) is 0 Å². The van der Waals surface area contributed by atoms with E-state index in [2.05, 4.69) is 5.43 Å². The first kappa shape index (κ1) is 15.8. The Morgan fingerprint density at radius 2 is 1.86 bits per heavy atom. The van der Waals surface area contributed by atoms with Crippen LogP contribution >= 0.6 is 0 Å². The summed E-state index contributed by atoms with van der Waals surface area (Å²) in [5.41, 5.74) is 2.57. The second kappa shape index (κ2) is 5.33. The minimum Gasteiger partial charge on any atom is -0.287 e. The first-order valence-electron chi connectivity index (χ1n) is 6.89. The number of alkyl halides is 3. The number of aryl methyl sites for hydroxylation is 1. The number of halogens is 3. The molecule has 3 nitrogen and oxygen atoms in total. The SMILES string of the molecule is CCc1ccc(C(N2NC(=O)CC2(C)C)C(F)(F)F)cc1. The molecule has 0 bridgehead atoms. The first-order chi connectivity index (χ1) is 9.65. The first-order valence-corrected chi connectivity index (χ1v) is 6.89. The highest BCUT2D eigenvalue weighted by atomic mass is 19.4. The highest BCUT2D eigenvalue weighted by Gasteiger charge is 2.52. The lowest BCUT2D eigenvalue weighted by Crippen LogP contribution is -2.51. The van der Waals surface area contributed by atoms with Gasteiger partial charge in [-0.15, -0.1) is 0 Å². The summed E-state index contributed by atoms with van der Waals surface area (Å²) in [6.45, 7) is 5.20. The number of benzene rings is 1. The summed E-state index contributed by atoms with van der Waals surface area (Å²) in [7, 11) is 0. The molecule has 1 aromatic rings. The molecule has 21 heavy (non-hydrogen) atoms. The third-order valence-corrected chi connectivity index (χ3v) is 3.76. The van der Waals surface area contributed by atoms with E-state index in [1.807, 2.05) is 6.92 Å². The van der Waals surface area contributed by atoms with Gasteiger partial charge in [-0.2, -0.15) is 18.2 Å². The van der Waals surface area contributed by atoms with Crippen molar-refractivity contribution >= 4 is 5.91 Å². The number of nitrogens with zero attached hydrogens (tertiary/aromatic N) is 1. The molecule has 1 aromatic carbocycles. The Kier molecular flexibility index (Phi) is 4.02. The number of amides is 1. The number of hydrogen-bond acceptors (Lipinski definition) is 2. The largest absolute Gasteiger partial charge is 0.409 e. The summed E-state index contributed by atoms with van der Waals surface area (Å²) >= 11 is 0. The van der Waals surface area contributed by atoms with Gasteiger partial charge in [0.25, 0.3) is 0 Å². The van der Waals surface area contributed by atoms with E-state index in [0.717, 1.165) is 17.0 Å². The molecule has 1 aliphatic rings. The van der Waals surface area contributed by atoms with Crippen molar-refractivity contribution in [3.05, 3.63) is 35.4 Å². The fourth-order valence-corrected chi connectivity index (χ4v) is 2.64. The minimum absolute atomic E-state index is 0.0482. The van der Waals surface area contributed by atoms with E-state index in [1.165, 1.54) is 12.1 Å². The van der Waals surface area contributed by atoms with Gasteiger partial charge < -0.3 is 0 Å². The molecule has 1 N–H and O–H groups in total. The van der Waals surface area contributed by atoms with E-state index in [0.29, 0.717) is 0 Å². The summed E-state index contributed by atoms with van der Waals surface area (Å²) < 4.78 is 40.6. The van der Waals surface area contributed by atoms with Gasteiger partial charge in [-0.25, -0.2) is 0 Å². The number of hydrogen-bond donors (Lipinski definition) is 1. The molecule has 1 amide bonds. The molecule has 1 fully saturated rings. The zero-order valence-corrected chi connectivity index (χ0v) is 12.3. The smallest absolute Gasteiger partial charge is 0.287 e. The molecule has 0 saturated carbocycles. The van der Waals surface area contributed by atoms with Crippen LogP contribution in [0, 0.1) is 0 Å². The van der Waals surface area contributed by atoms with E-state index in [-0.39, 0.29) is 17.9 Å². The van der Waals surface area contributed by atoms with Crippen LogP contribution in [0.3, 0.4) is 0 Å². The van der Waals surface area contributed by atoms with Crippen LogP contribution in [-0.4, -0.2) is 22.6 Å². The summed E-state index contributed by atoms with van der Waals surface area (Å²) in [5, 5.41) is 1.02. The molecule has 116 valence electrons. The van der Waals surface area contributed by atoms with Crippen molar-refractivity contribution in [2.75, 3.05) is 0 Å². The maximum absolute atomic E-state index is 13.5. The molecule has 0 aliphatic carbocycles. The second-order valence-corrected chi connectivity index (χ2v) is 5.93. The lowest BCUT2D eigenvalue weighted by atomic mass is 9.96. The minimum atomic E-state index is -4.47. The molecule has 1 aliphatic heterocycles. The third kappa shape index (κ3) is 3.20. The van der Waals surface area contributed by atoms with E-state index < -0.39 is 17.8 Å². The number of hydrazine groups is 1. The van der Waals surface area contributed by atoms with Crippen LogP contribution in [0.15, 0.2) is 24.3 Å². The Bertz CT molecular complexity index is 523. The number of nitrogens with one attached hydrogen (secondary N) is 1. The van der Waals surface area contributed by atoms with Gasteiger partial charge >= 0.3 is 6.18 Å². The quantitative estimate of drug-likeness (QED) is 0.928. The van der Waals surface area contributed by atoms with Gasteiger partial charge in [0.2, 0.25) is 5.91 Å². The topological polar surface area (TPSA) is 32.3 Å². The Balaban J connectivity index is 2.41. The van der Waals surface area contributed by atoms with E-state index in [4.69, 9.17) is 0 Å². The molecular weight excluding hydrogens is 281 g/mol. The van der Waals surface area contributed by atoms with Crippen LogP contribution in [0.2, 0.25) is 0 Å². The Morgan fingerprint density at radius 3 is 2.24 bits per heavy atom. The lowest BCUT2D eigenvalue weighted by molar-refractivity contribution is -0.203. The third-order valence-electron chi connectivity index (χ3n) is 3.76. The van der Waals surface area contributed by atoms with E-state index in [1.54, 1.807) is 26.0 Å². The number of carbonyl (C=O) groups excluding carboxylic acids is 1. The maximum atomic E-state index is 13.5. The Hall–Kier alpha value is -1.56. The van der Waals surface area contributed by atoms with Gasteiger partial charge in [0.1, 0.15) is 0 Å². The Labute approximate surface area is 122 Å². The lowest BCUT2D eigenvalue weighted by Gasteiger charge is -2.37. The molecule has 1 unspecified atom stereocenters. The van der Waals surface area contributed by atoms with Crippen molar-refractivity contribution in [2.24, 2.45) is 0 Å². The monoisotopic (exact) mass is 300 g/mol. The maximum Gasteiger partial charge on any atom is 0.409 e. The molecule has 0 radical (unpaired) electrons. The van der Waals surface area contributed by atoms with Gasteiger partial charge in [-0.1, -0.05) is 31.2 Å². The van der Waals surface area contributed by atoms with Gasteiger partial charge in [0, 0.05) is 12.0 Å². The summed E-state index contributed by atoms with van der Waals surface area (Å²) in [5.74, 6) is -0.389. The molecule has 1 atom stereocenters. The molecule has 1 heterocycles. The molecule has 2 rings (SSSR count). The van der Waals surface area contributed by atoms with Crippen molar-refractivity contribution in [1.29, 1.82) is 0 Å². The van der Waals surface area contributed by atoms with Gasteiger partial charge in [0.05, 0.1) is 0 Å². The van der Waals surface area contributed by atoms with Crippen LogP contribution in [0.1, 0.15) is 44.4 Å². The van der Waals surface area contributed by atoms with Crippen molar-refractivity contribution < 1.29 is 18.0 Å². The van der Waals surface area contributed by atoms with Gasteiger partial charge in [-0.05, 0) is 31.4 Å². The van der Waals surface area contributed by atoms with Crippen LogP contribution in [0.25, 0.3) is 0 Å². The standard InChI is InChI=1S/C15H19F3N2O/c1-4-10-5-7-11(8-6-10)13(15(16,17)18)20-14(2,3)9-12(21)19-20/h5-8,13H,4,9H2,1-3H3,(H,19,21). The van der Waals surface area contributed by atoms with Crippen LogP contribution in [0.4, 0.5) is 13.2 Å². The van der Waals surface area contributed by atoms with Gasteiger partial charge in [0.15, 0.2) is 6.04 Å². The fourth-order valence-electron chi connectivity index (χ4n) is 2.64. The molecule has 6 heteroatoms. The normalized spacial score (nSPS) is 20.4. The zero-order valence-electron chi connectivity index (χ0n) is 12.3. The van der Waals surface area contributed by atoms with Crippen LogP contribution in [0.5, 0.6) is 0 Å². The average Bonchev–Trinajstić information content (AvgIpc) is 2.62. The van der Waals surface area contributed by atoms with Crippen LogP contribution in [-0.2, 0) is 11.2 Å². The molecular formula is C15H19F3N2O. The predicted molar refractivity (Wildman–Crippen MR) is 73.3 cm³/mol. The fraction of sp³-hybridized carbons (Fsp3) is 0.533. The second-order valence-electron chi connectivity index (χ2n) is 5.93. The van der Waals surface area contributed by atoms with Gasteiger partial charge in [-0.3, -0.25) is 10.2 Å². The summed E-state index contributed by atoms with van der Waals surface area (Å²) in [6, 6.07) is 4.51.